The number of nitrogens with one attached hydrogen (secondary N) is 1. The van der Waals surface area contributed by atoms with Gasteiger partial charge in [0.05, 0.1) is 6.10 Å². The van der Waals surface area contributed by atoms with Gasteiger partial charge in [0.15, 0.2) is 0 Å². The zero-order valence-electron chi connectivity index (χ0n) is 18.0. The number of fused-ring (bicyclic) bond motifs is 7. The predicted molar refractivity (Wildman–Crippen MR) is 117 cm³/mol. The Morgan fingerprint density at radius 2 is 1.79 bits per heavy atom. The summed E-state index contributed by atoms with van der Waals surface area (Å²) in [6.45, 7) is 3.00. The molecule has 0 radical (unpaired) electrons. The highest BCUT2D eigenvalue weighted by atomic mass is 19.4. The van der Waals surface area contributed by atoms with Gasteiger partial charge in [-0.2, -0.15) is 13.2 Å². The van der Waals surface area contributed by atoms with Gasteiger partial charge in [-0.05, 0) is 53.8 Å². The molecule has 4 atom stereocenters. The van der Waals surface area contributed by atoms with Crippen molar-refractivity contribution in [2.75, 3.05) is 5.32 Å². The van der Waals surface area contributed by atoms with Crippen LogP contribution in [0.25, 0.3) is 21.5 Å². The van der Waals surface area contributed by atoms with Crippen LogP contribution in [-0.4, -0.2) is 40.8 Å². The van der Waals surface area contributed by atoms with Crippen LogP contribution < -0.4 is 5.32 Å². The van der Waals surface area contributed by atoms with Gasteiger partial charge in [-0.1, -0.05) is 24.3 Å². The molecule has 8 heteroatoms. The van der Waals surface area contributed by atoms with Crippen molar-refractivity contribution in [2.24, 2.45) is 0 Å². The lowest BCUT2D eigenvalue weighted by Crippen LogP contribution is -2.58. The van der Waals surface area contributed by atoms with E-state index in [0.717, 1.165) is 5.39 Å². The summed E-state index contributed by atoms with van der Waals surface area (Å²) in [5.41, 5.74) is -1.17. The number of carbonyl (C=O) groups excluding carboxylic acids is 2. The van der Waals surface area contributed by atoms with E-state index in [2.05, 4.69) is 5.32 Å². The Labute approximate surface area is 187 Å². The molecule has 2 aliphatic heterocycles. The summed E-state index contributed by atoms with van der Waals surface area (Å²) in [6, 6.07) is 11.8. The van der Waals surface area contributed by atoms with Crippen molar-refractivity contribution < 1.29 is 32.6 Å². The number of Topliss-reactive ketones (excluding diaryl/α,β-unsaturated/α-hetero) is 2. The minimum absolute atomic E-state index is 0.172. The van der Waals surface area contributed by atoms with Gasteiger partial charge in [0.1, 0.15) is 17.6 Å². The number of benzene rings is 3. The average molecular weight is 457 g/mol. The fourth-order valence-corrected chi connectivity index (χ4v) is 5.34. The molecule has 5 rings (SSSR count). The van der Waals surface area contributed by atoms with Crippen molar-refractivity contribution in [1.82, 2.24) is 0 Å². The van der Waals surface area contributed by atoms with Crippen LogP contribution in [0.3, 0.4) is 0 Å². The second-order valence-electron chi connectivity index (χ2n) is 9.03. The Balaban J connectivity index is 1.84. The van der Waals surface area contributed by atoms with Crippen LogP contribution in [0, 0.1) is 0 Å². The number of rotatable bonds is 3. The standard InChI is InChI=1S/C25H22F3NO4/c1-12(30)11-24(32)13(2)33-21-10-20(24)19-9-18(23(31)25(26,27)28)16-7-14-5-3-4-6-15(14)8-17(16)22(19)29-21/h3-9,13,20-21,29,32H,10-11H2,1-2H3/t13-,20-,21+,24-/m0/s1. The van der Waals surface area contributed by atoms with Crippen LogP contribution in [0.15, 0.2) is 42.5 Å². The van der Waals surface area contributed by atoms with Crippen LogP contribution in [0.4, 0.5) is 18.9 Å². The van der Waals surface area contributed by atoms with Gasteiger partial charge in [-0.25, -0.2) is 0 Å². The van der Waals surface area contributed by atoms with Gasteiger partial charge in [0.2, 0.25) is 0 Å². The average Bonchev–Trinajstić information content (AvgIpc) is 2.74. The number of hydrogen-bond acceptors (Lipinski definition) is 5. The quantitative estimate of drug-likeness (QED) is 0.423. The van der Waals surface area contributed by atoms with Gasteiger partial charge in [-0.3, -0.25) is 9.59 Å². The maximum absolute atomic E-state index is 13.6. The summed E-state index contributed by atoms with van der Waals surface area (Å²) in [7, 11) is 0. The van der Waals surface area contributed by atoms with Crippen molar-refractivity contribution in [3.05, 3.63) is 53.6 Å². The first kappa shape index (κ1) is 21.9. The van der Waals surface area contributed by atoms with Gasteiger partial charge >= 0.3 is 6.18 Å². The van der Waals surface area contributed by atoms with Crippen molar-refractivity contribution in [1.29, 1.82) is 0 Å². The second-order valence-corrected chi connectivity index (χ2v) is 9.03. The Bertz CT molecular complexity index is 1320. The van der Waals surface area contributed by atoms with Crippen molar-refractivity contribution in [2.45, 2.75) is 56.7 Å². The first-order valence-electron chi connectivity index (χ1n) is 10.7. The molecule has 3 aromatic rings. The lowest BCUT2D eigenvalue weighted by Gasteiger charge is -2.51. The van der Waals surface area contributed by atoms with Gasteiger partial charge in [-0.15, -0.1) is 0 Å². The highest BCUT2D eigenvalue weighted by molar-refractivity contribution is 6.17. The highest BCUT2D eigenvalue weighted by Crippen LogP contribution is 2.52. The highest BCUT2D eigenvalue weighted by Gasteiger charge is 2.53. The normalized spacial score (nSPS) is 26.7. The van der Waals surface area contributed by atoms with E-state index in [1.165, 1.54) is 13.0 Å². The molecule has 1 saturated heterocycles. The van der Waals surface area contributed by atoms with Gasteiger partial charge < -0.3 is 15.2 Å². The van der Waals surface area contributed by atoms with Crippen LogP contribution in [-0.2, 0) is 9.53 Å². The van der Waals surface area contributed by atoms with E-state index in [1.54, 1.807) is 31.2 Å². The molecule has 5 nitrogen and oxygen atoms in total. The first-order chi connectivity index (χ1) is 15.5. The molecule has 2 aliphatic rings. The molecule has 0 aliphatic carbocycles. The van der Waals surface area contributed by atoms with Gasteiger partial charge in [0, 0.05) is 35.4 Å². The number of ketones is 2. The number of carbonyl (C=O) groups is 2. The van der Waals surface area contributed by atoms with Crippen LogP contribution in [0.2, 0.25) is 0 Å². The third kappa shape index (κ3) is 3.40. The monoisotopic (exact) mass is 457 g/mol. The Morgan fingerprint density at radius 3 is 2.39 bits per heavy atom. The molecule has 0 aromatic heterocycles. The fraction of sp³-hybridized carbons (Fsp3) is 0.360. The van der Waals surface area contributed by atoms with E-state index in [0.29, 0.717) is 22.0 Å². The Morgan fingerprint density at radius 1 is 1.15 bits per heavy atom. The summed E-state index contributed by atoms with van der Waals surface area (Å²) < 4.78 is 46.6. The summed E-state index contributed by atoms with van der Waals surface area (Å²) >= 11 is 0. The minimum Gasteiger partial charge on any atom is -0.386 e. The zero-order valence-corrected chi connectivity index (χ0v) is 18.0. The van der Waals surface area contributed by atoms with Gasteiger partial charge in [0.25, 0.3) is 5.78 Å². The number of anilines is 1. The smallest absolute Gasteiger partial charge is 0.386 e. The topological polar surface area (TPSA) is 75.6 Å². The van der Waals surface area contributed by atoms with Crippen molar-refractivity contribution in [3.63, 3.8) is 0 Å². The summed E-state index contributed by atoms with van der Waals surface area (Å²) in [5.74, 6) is -2.88. The molecule has 0 unspecified atom stereocenters. The lowest BCUT2D eigenvalue weighted by molar-refractivity contribution is -0.181. The molecule has 2 heterocycles. The maximum Gasteiger partial charge on any atom is 0.454 e. The predicted octanol–water partition coefficient (Wildman–Crippen LogP) is 5.09. The van der Waals surface area contributed by atoms with Crippen LogP contribution in [0.1, 0.15) is 48.5 Å². The van der Waals surface area contributed by atoms with E-state index >= 15 is 0 Å². The van der Waals surface area contributed by atoms with Crippen LogP contribution >= 0.6 is 0 Å². The zero-order chi connectivity index (χ0) is 23.7. The fourth-order valence-electron chi connectivity index (χ4n) is 5.34. The number of ether oxygens (including phenoxy) is 1. The molecular formula is C25H22F3NO4. The molecule has 2 N–H and O–H groups in total. The maximum atomic E-state index is 13.6. The Hall–Kier alpha value is -2.97. The lowest BCUT2D eigenvalue weighted by atomic mass is 9.69. The summed E-state index contributed by atoms with van der Waals surface area (Å²) in [6.07, 6.45) is -6.22. The minimum atomic E-state index is -5.06. The third-order valence-corrected chi connectivity index (χ3v) is 6.87. The molecule has 172 valence electrons. The molecule has 2 bridgehead atoms. The van der Waals surface area contributed by atoms with E-state index in [9.17, 15) is 27.9 Å². The van der Waals surface area contributed by atoms with Crippen molar-refractivity contribution in [3.8, 4) is 0 Å². The molecule has 33 heavy (non-hydrogen) atoms. The van der Waals surface area contributed by atoms with E-state index in [4.69, 9.17) is 4.74 Å². The Kier molecular flexibility index (Phi) is 4.81. The molecule has 0 saturated carbocycles. The second kappa shape index (κ2) is 7.27. The molecule has 0 amide bonds. The van der Waals surface area contributed by atoms with Crippen LogP contribution in [0.5, 0.6) is 0 Å². The van der Waals surface area contributed by atoms with E-state index < -0.39 is 41.4 Å². The van der Waals surface area contributed by atoms with E-state index in [1.807, 2.05) is 12.1 Å². The van der Waals surface area contributed by atoms with E-state index in [-0.39, 0.29) is 24.0 Å². The third-order valence-electron chi connectivity index (χ3n) is 6.87. The molecular weight excluding hydrogens is 435 g/mol. The molecule has 1 fully saturated rings. The number of hydrogen-bond donors (Lipinski definition) is 2. The molecule has 0 spiro atoms. The number of halogens is 3. The SMILES string of the molecule is CC(=O)C[C@]1(O)[C@H](C)O[C@@H]2C[C@H]1c1cc(C(=O)C(F)(F)F)c3cc4ccccc4cc3c1N2. The number of alkyl halides is 3. The summed E-state index contributed by atoms with van der Waals surface area (Å²) in [5, 5.41) is 16.9. The number of aliphatic hydroxyl groups is 1. The summed E-state index contributed by atoms with van der Waals surface area (Å²) in [4.78, 5) is 24.5. The van der Waals surface area contributed by atoms with Crippen molar-refractivity contribution >= 4 is 38.8 Å². The largest absolute Gasteiger partial charge is 0.454 e. The first-order valence-corrected chi connectivity index (χ1v) is 10.7. The molecule has 3 aromatic carbocycles.